The Morgan fingerprint density at radius 1 is 0.960 bits per heavy atom. The summed E-state index contributed by atoms with van der Waals surface area (Å²) >= 11 is 0. The molecular weight excluding hydrogens is 322 g/mol. The average molecular weight is 341 g/mol. The van der Waals surface area contributed by atoms with Crippen LogP contribution in [0.15, 0.2) is 48.2 Å². The van der Waals surface area contributed by atoms with Crippen LogP contribution in [0.5, 0.6) is 5.75 Å². The van der Waals surface area contributed by atoms with Crippen molar-refractivity contribution < 1.29 is 24.9 Å². The maximum Gasteiger partial charge on any atom is 0.335 e. The van der Waals surface area contributed by atoms with Crippen molar-refractivity contribution in [2.24, 2.45) is 5.73 Å². The third-order valence-electron chi connectivity index (χ3n) is 3.76. The van der Waals surface area contributed by atoms with E-state index in [2.05, 4.69) is 0 Å². The number of hydrogen-bond acceptors (Lipinski definition) is 5. The molecule has 0 aliphatic rings. The molecule has 6 nitrogen and oxygen atoms in total. The Kier molecular flexibility index (Phi) is 5.24. The van der Waals surface area contributed by atoms with Crippen molar-refractivity contribution in [2.75, 3.05) is 0 Å². The topological polar surface area (TPSA) is 121 Å². The zero-order chi connectivity index (χ0) is 18.7. The zero-order valence-corrected chi connectivity index (χ0v) is 13.9. The van der Waals surface area contributed by atoms with Gasteiger partial charge in [0.1, 0.15) is 11.9 Å². The van der Waals surface area contributed by atoms with Crippen LogP contribution in [0.3, 0.4) is 0 Å². The van der Waals surface area contributed by atoms with E-state index in [9.17, 15) is 19.8 Å². The first kappa shape index (κ1) is 18.2. The van der Waals surface area contributed by atoms with Crippen LogP contribution in [0.1, 0.15) is 47.0 Å². The van der Waals surface area contributed by atoms with Gasteiger partial charge in [0.15, 0.2) is 5.78 Å². The van der Waals surface area contributed by atoms with Gasteiger partial charge >= 0.3 is 5.97 Å². The number of ketones is 1. The van der Waals surface area contributed by atoms with Crippen LogP contribution >= 0.6 is 0 Å². The Morgan fingerprint density at radius 3 is 2.04 bits per heavy atom. The molecule has 6 heteroatoms. The molecule has 0 amide bonds. The molecule has 0 aromatic heterocycles. The van der Waals surface area contributed by atoms with Crippen molar-refractivity contribution in [1.29, 1.82) is 0 Å². The second kappa shape index (κ2) is 7.19. The fraction of sp³-hybridized carbons (Fsp3) is 0.158. The van der Waals surface area contributed by atoms with Crippen molar-refractivity contribution >= 4 is 17.3 Å². The fourth-order valence-corrected chi connectivity index (χ4v) is 2.65. The van der Waals surface area contributed by atoms with Crippen LogP contribution in [-0.2, 0) is 4.79 Å². The van der Waals surface area contributed by atoms with E-state index in [4.69, 9.17) is 10.8 Å². The van der Waals surface area contributed by atoms with Crippen LogP contribution in [0.25, 0.3) is 5.57 Å². The van der Waals surface area contributed by atoms with Gasteiger partial charge in [-0.3, -0.25) is 4.79 Å². The summed E-state index contributed by atoms with van der Waals surface area (Å²) in [5.74, 6) is -1.43. The number of aliphatic hydroxyl groups excluding tert-OH is 1. The summed E-state index contributed by atoms with van der Waals surface area (Å²) in [6.07, 6.45) is -1.10. The highest BCUT2D eigenvalue weighted by Gasteiger charge is 2.17. The Labute approximate surface area is 144 Å². The number of aromatic carboxylic acids is 1. The second-order valence-electron chi connectivity index (χ2n) is 5.76. The average Bonchev–Trinajstić information content (AvgIpc) is 2.53. The number of benzene rings is 2. The monoisotopic (exact) mass is 341 g/mol. The first-order valence-corrected chi connectivity index (χ1v) is 7.53. The number of aliphatic hydroxyl groups is 1. The second-order valence-corrected chi connectivity index (χ2v) is 5.76. The molecule has 0 aliphatic carbocycles. The van der Waals surface area contributed by atoms with Crippen molar-refractivity contribution in [3.8, 4) is 5.75 Å². The highest BCUT2D eigenvalue weighted by Crippen LogP contribution is 2.30. The summed E-state index contributed by atoms with van der Waals surface area (Å²) < 4.78 is 0. The number of phenolic OH excluding ortho intramolecular Hbond substituents is 1. The SMILES string of the molecule is CC(=O)C(=C(C)N)c1cc(O)cc(C(O)c2ccc(C(=O)O)cc2)c1. The van der Waals surface area contributed by atoms with Crippen LogP contribution in [-0.4, -0.2) is 27.1 Å². The van der Waals surface area contributed by atoms with Gasteiger partial charge in [0.2, 0.25) is 0 Å². The maximum atomic E-state index is 11.8. The predicted molar refractivity (Wildman–Crippen MR) is 93.0 cm³/mol. The highest BCUT2D eigenvalue weighted by atomic mass is 16.4. The summed E-state index contributed by atoms with van der Waals surface area (Å²) in [6.45, 7) is 2.96. The number of nitrogens with two attached hydrogens (primary N) is 1. The molecule has 0 saturated carbocycles. The van der Waals surface area contributed by atoms with E-state index in [-0.39, 0.29) is 22.7 Å². The molecule has 0 fully saturated rings. The lowest BCUT2D eigenvalue weighted by Gasteiger charge is -2.15. The van der Waals surface area contributed by atoms with Crippen molar-refractivity contribution in [3.05, 3.63) is 70.4 Å². The van der Waals surface area contributed by atoms with Crippen LogP contribution in [0.4, 0.5) is 0 Å². The molecular formula is C19H19NO5. The molecule has 5 N–H and O–H groups in total. The maximum absolute atomic E-state index is 11.8. The van der Waals surface area contributed by atoms with Crippen LogP contribution in [0, 0.1) is 0 Å². The smallest absolute Gasteiger partial charge is 0.335 e. The quantitative estimate of drug-likeness (QED) is 0.620. The molecule has 2 rings (SSSR count). The number of Topliss-reactive ketones (excluding diaryl/α,β-unsaturated/α-hetero) is 1. The van der Waals surface area contributed by atoms with Gasteiger partial charge in [0.05, 0.1) is 5.56 Å². The summed E-state index contributed by atoms with van der Waals surface area (Å²) in [4.78, 5) is 22.7. The number of hydrogen-bond donors (Lipinski definition) is 4. The standard InChI is InChI=1S/C19H19NO5/c1-10(20)17(11(2)21)14-7-15(9-16(22)8-14)18(23)12-3-5-13(6-4-12)19(24)25/h3-9,18,22-23H,20H2,1-2H3,(H,24,25). The van der Waals surface area contributed by atoms with Gasteiger partial charge in [-0.2, -0.15) is 0 Å². The van der Waals surface area contributed by atoms with Gasteiger partial charge in [0, 0.05) is 11.3 Å². The summed E-state index contributed by atoms with van der Waals surface area (Å²) in [5.41, 5.74) is 7.67. The molecule has 25 heavy (non-hydrogen) atoms. The molecule has 0 heterocycles. The van der Waals surface area contributed by atoms with Gasteiger partial charge in [-0.25, -0.2) is 4.79 Å². The van der Waals surface area contributed by atoms with E-state index in [0.717, 1.165) is 0 Å². The number of carbonyl (C=O) groups excluding carboxylic acids is 1. The summed E-state index contributed by atoms with van der Waals surface area (Å²) in [7, 11) is 0. The number of rotatable bonds is 5. The number of carboxylic acids is 1. The molecule has 2 aromatic carbocycles. The Hall–Kier alpha value is -3.12. The molecule has 1 unspecified atom stereocenters. The molecule has 0 saturated heterocycles. The molecule has 0 aliphatic heterocycles. The fourth-order valence-electron chi connectivity index (χ4n) is 2.65. The Morgan fingerprint density at radius 2 is 1.56 bits per heavy atom. The Bertz CT molecular complexity index is 849. The summed E-state index contributed by atoms with van der Waals surface area (Å²) in [6, 6.07) is 10.1. The Balaban J connectivity index is 2.47. The molecule has 0 spiro atoms. The van der Waals surface area contributed by atoms with E-state index in [1.54, 1.807) is 13.0 Å². The minimum Gasteiger partial charge on any atom is -0.508 e. The number of carboxylic acid groups (broad SMARTS) is 1. The molecule has 0 radical (unpaired) electrons. The molecule has 1 atom stereocenters. The third-order valence-corrected chi connectivity index (χ3v) is 3.76. The number of allylic oxidation sites excluding steroid dienone is 2. The third kappa shape index (κ3) is 4.05. The van der Waals surface area contributed by atoms with E-state index < -0.39 is 12.1 Å². The van der Waals surface area contributed by atoms with E-state index in [0.29, 0.717) is 22.4 Å². The van der Waals surface area contributed by atoms with Crippen molar-refractivity contribution in [2.45, 2.75) is 20.0 Å². The summed E-state index contributed by atoms with van der Waals surface area (Å²) in [5, 5.41) is 29.4. The first-order chi connectivity index (χ1) is 11.7. The minimum absolute atomic E-state index is 0.105. The largest absolute Gasteiger partial charge is 0.508 e. The van der Waals surface area contributed by atoms with Crippen LogP contribution < -0.4 is 5.73 Å². The van der Waals surface area contributed by atoms with Gasteiger partial charge in [-0.15, -0.1) is 0 Å². The predicted octanol–water partition coefficient (Wildman–Crippen LogP) is 2.45. The normalized spacial score (nSPS) is 13.1. The highest BCUT2D eigenvalue weighted by molar-refractivity contribution is 6.20. The lowest BCUT2D eigenvalue weighted by Crippen LogP contribution is -2.07. The van der Waals surface area contributed by atoms with E-state index in [1.165, 1.54) is 43.3 Å². The lowest BCUT2D eigenvalue weighted by atomic mass is 9.94. The van der Waals surface area contributed by atoms with Crippen molar-refractivity contribution in [1.82, 2.24) is 0 Å². The number of carbonyl (C=O) groups is 2. The molecule has 2 aromatic rings. The minimum atomic E-state index is -1.10. The zero-order valence-electron chi connectivity index (χ0n) is 13.9. The van der Waals surface area contributed by atoms with Gasteiger partial charge < -0.3 is 21.1 Å². The number of phenols is 1. The first-order valence-electron chi connectivity index (χ1n) is 7.53. The van der Waals surface area contributed by atoms with Gasteiger partial charge in [0.25, 0.3) is 0 Å². The van der Waals surface area contributed by atoms with Gasteiger partial charge in [-0.1, -0.05) is 12.1 Å². The number of aromatic hydroxyl groups is 1. The van der Waals surface area contributed by atoms with E-state index in [1.807, 2.05) is 0 Å². The molecule has 0 bridgehead atoms. The van der Waals surface area contributed by atoms with Crippen molar-refractivity contribution in [3.63, 3.8) is 0 Å². The van der Waals surface area contributed by atoms with Crippen LogP contribution in [0.2, 0.25) is 0 Å². The lowest BCUT2D eigenvalue weighted by molar-refractivity contribution is -0.111. The van der Waals surface area contributed by atoms with Gasteiger partial charge in [-0.05, 0) is 60.9 Å². The molecule has 130 valence electrons. The van der Waals surface area contributed by atoms with E-state index >= 15 is 0 Å².